The highest BCUT2D eigenvalue weighted by Crippen LogP contribution is 2.14. The fourth-order valence-electron chi connectivity index (χ4n) is 6.98. The predicted molar refractivity (Wildman–Crippen MR) is 288 cm³/mol. The second-order valence-corrected chi connectivity index (χ2v) is 17.4. The van der Waals surface area contributed by atoms with E-state index in [1.807, 2.05) is 0 Å². The van der Waals surface area contributed by atoms with Crippen molar-refractivity contribution in [1.82, 2.24) is 0 Å². The van der Waals surface area contributed by atoms with Crippen LogP contribution in [-0.4, -0.2) is 37.2 Å². The molecular weight excluding hydrogens is 829 g/mol. The zero-order valence-electron chi connectivity index (χ0n) is 43.1. The highest BCUT2D eigenvalue weighted by Gasteiger charge is 2.19. The van der Waals surface area contributed by atoms with E-state index >= 15 is 0 Å². The van der Waals surface area contributed by atoms with Crippen molar-refractivity contribution in [3.8, 4) is 0 Å². The van der Waals surface area contributed by atoms with Crippen LogP contribution in [0.5, 0.6) is 0 Å². The summed E-state index contributed by atoms with van der Waals surface area (Å²) in [5, 5.41) is 0. The highest BCUT2D eigenvalue weighted by atomic mass is 16.6. The lowest BCUT2D eigenvalue weighted by atomic mass is 10.0. The van der Waals surface area contributed by atoms with Gasteiger partial charge in [0.2, 0.25) is 0 Å². The molecule has 0 heterocycles. The van der Waals surface area contributed by atoms with Gasteiger partial charge in [0.15, 0.2) is 6.10 Å². The summed E-state index contributed by atoms with van der Waals surface area (Å²) < 4.78 is 16.7. The second kappa shape index (κ2) is 54.4. The maximum absolute atomic E-state index is 12.8. The van der Waals surface area contributed by atoms with E-state index in [1.54, 1.807) is 0 Å². The lowest BCUT2D eigenvalue weighted by Crippen LogP contribution is -2.30. The third-order valence-corrected chi connectivity index (χ3v) is 11.0. The van der Waals surface area contributed by atoms with Gasteiger partial charge in [-0.25, -0.2) is 0 Å². The Morgan fingerprint density at radius 1 is 0.313 bits per heavy atom. The molecule has 0 aliphatic heterocycles. The van der Waals surface area contributed by atoms with Crippen LogP contribution in [0.15, 0.2) is 122 Å². The first-order chi connectivity index (χ1) is 33.0. The molecule has 0 N–H and O–H groups in total. The third-order valence-electron chi connectivity index (χ3n) is 11.0. The minimum atomic E-state index is -0.832. The Morgan fingerprint density at radius 3 is 0.910 bits per heavy atom. The van der Waals surface area contributed by atoms with Gasteiger partial charge in [-0.2, -0.15) is 0 Å². The van der Waals surface area contributed by atoms with Crippen LogP contribution in [0.1, 0.15) is 226 Å². The summed E-state index contributed by atoms with van der Waals surface area (Å²) in [6.45, 7) is 6.31. The SMILES string of the molecule is CC/C=C\C/C=C\C/C=C\C/C=C\C/C=C\CCCC(=O)OC[C@@H](COC(=O)CCCCCCCCCCCCCCCCC)OC(=O)CCC/C=C\C/C=C\C/C=C\C/C=C\C/C=C\CC. The number of esters is 3. The van der Waals surface area contributed by atoms with Gasteiger partial charge in [-0.1, -0.05) is 232 Å². The van der Waals surface area contributed by atoms with E-state index in [9.17, 15) is 14.4 Å². The standard InChI is InChI=1S/C61H98O6/c1-4-7-10-13-16-19-22-25-28-30-33-36-39-42-45-48-51-54-60(63)66-57-58(56-65-59(62)53-50-47-44-41-38-35-32-27-24-21-18-15-12-9-6-3)67-61(64)55-52-49-46-43-40-37-34-31-29-26-23-20-17-14-11-8-5-2/h7-8,10-11,16-17,19-20,25-26,28-29,33-34,36-37,42-43,45-46,58H,4-6,9,12-15,18,21-24,27,30-32,35,38-41,44,47-57H2,1-3H3/b10-7-,11-8-,19-16-,20-17-,28-25-,29-26-,36-33-,37-34-,45-42-,46-43-/t58-/m1/s1. The van der Waals surface area contributed by atoms with E-state index < -0.39 is 6.10 Å². The van der Waals surface area contributed by atoms with Crippen LogP contribution in [-0.2, 0) is 28.6 Å². The fourth-order valence-corrected chi connectivity index (χ4v) is 6.98. The van der Waals surface area contributed by atoms with Gasteiger partial charge in [0, 0.05) is 19.3 Å². The molecule has 0 saturated carbocycles. The van der Waals surface area contributed by atoms with Crippen molar-refractivity contribution in [2.75, 3.05) is 13.2 Å². The molecule has 0 amide bonds. The largest absolute Gasteiger partial charge is 0.462 e. The van der Waals surface area contributed by atoms with E-state index in [1.165, 1.54) is 77.0 Å². The number of ether oxygens (including phenoxy) is 3. The van der Waals surface area contributed by atoms with Gasteiger partial charge in [-0.05, 0) is 96.3 Å². The van der Waals surface area contributed by atoms with Gasteiger partial charge >= 0.3 is 17.9 Å². The van der Waals surface area contributed by atoms with Crippen molar-refractivity contribution in [3.63, 3.8) is 0 Å². The zero-order chi connectivity index (χ0) is 48.6. The van der Waals surface area contributed by atoms with Crippen molar-refractivity contribution in [2.45, 2.75) is 232 Å². The van der Waals surface area contributed by atoms with Gasteiger partial charge in [-0.3, -0.25) is 14.4 Å². The van der Waals surface area contributed by atoms with E-state index in [0.717, 1.165) is 96.3 Å². The molecule has 378 valence electrons. The monoisotopic (exact) mass is 927 g/mol. The van der Waals surface area contributed by atoms with E-state index in [2.05, 4.69) is 142 Å². The minimum absolute atomic E-state index is 0.120. The van der Waals surface area contributed by atoms with Crippen LogP contribution < -0.4 is 0 Å². The Morgan fingerprint density at radius 2 is 0.582 bits per heavy atom. The van der Waals surface area contributed by atoms with Gasteiger partial charge in [0.1, 0.15) is 13.2 Å². The Labute approximate surface area is 412 Å². The van der Waals surface area contributed by atoms with Crippen LogP contribution in [0.2, 0.25) is 0 Å². The molecule has 0 bridgehead atoms. The molecule has 0 spiro atoms. The number of carbonyl (C=O) groups excluding carboxylic acids is 3. The van der Waals surface area contributed by atoms with Gasteiger partial charge in [0.05, 0.1) is 0 Å². The Bertz CT molecular complexity index is 1440. The number of hydrogen-bond acceptors (Lipinski definition) is 6. The second-order valence-electron chi connectivity index (χ2n) is 17.4. The number of hydrogen-bond donors (Lipinski definition) is 0. The number of allylic oxidation sites excluding steroid dienone is 20. The van der Waals surface area contributed by atoms with Gasteiger partial charge in [0.25, 0.3) is 0 Å². The molecule has 0 saturated heterocycles. The third kappa shape index (κ3) is 52.6. The molecule has 67 heavy (non-hydrogen) atoms. The lowest BCUT2D eigenvalue weighted by Gasteiger charge is -2.18. The van der Waals surface area contributed by atoms with Crippen LogP contribution in [0.25, 0.3) is 0 Å². The molecule has 0 aliphatic rings. The van der Waals surface area contributed by atoms with Gasteiger partial charge in [-0.15, -0.1) is 0 Å². The molecule has 6 heteroatoms. The smallest absolute Gasteiger partial charge is 0.306 e. The molecule has 0 aliphatic carbocycles. The summed E-state index contributed by atoms with van der Waals surface area (Å²) in [4.78, 5) is 38.0. The molecule has 1 atom stereocenters. The topological polar surface area (TPSA) is 78.9 Å². The molecule has 0 radical (unpaired) electrons. The summed E-state index contributed by atoms with van der Waals surface area (Å²) in [7, 11) is 0. The minimum Gasteiger partial charge on any atom is -0.462 e. The van der Waals surface area contributed by atoms with Crippen molar-refractivity contribution in [1.29, 1.82) is 0 Å². The summed E-state index contributed by atoms with van der Waals surface area (Å²) in [5.41, 5.74) is 0. The van der Waals surface area contributed by atoms with Crippen LogP contribution in [0.4, 0.5) is 0 Å². The zero-order valence-corrected chi connectivity index (χ0v) is 43.1. The van der Waals surface area contributed by atoms with Crippen molar-refractivity contribution in [2.24, 2.45) is 0 Å². The molecular formula is C61H98O6. The molecule has 0 aromatic carbocycles. The lowest BCUT2D eigenvalue weighted by molar-refractivity contribution is -0.167. The van der Waals surface area contributed by atoms with Crippen LogP contribution >= 0.6 is 0 Å². The Balaban J connectivity index is 4.58. The maximum atomic E-state index is 12.8. The normalized spacial score (nSPS) is 13.1. The fraction of sp³-hybridized carbons (Fsp3) is 0.623. The van der Waals surface area contributed by atoms with Crippen molar-refractivity contribution in [3.05, 3.63) is 122 Å². The predicted octanol–water partition coefficient (Wildman–Crippen LogP) is 18.1. The van der Waals surface area contributed by atoms with Crippen LogP contribution in [0, 0.1) is 0 Å². The average molecular weight is 927 g/mol. The maximum Gasteiger partial charge on any atom is 0.306 e. The quantitative estimate of drug-likeness (QED) is 0.0262. The number of unbranched alkanes of at least 4 members (excludes halogenated alkanes) is 16. The summed E-state index contributed by atoms with van der Waals surface area (Å²) in [6.07, 6.45) is 74.8. The number of carbonyl (C=O) groups is 3. The van der Waals surface area contributed by atoms with E-state index in [-0.39, 0.29) is 44.0 Å². The molecule has 0 aromatic rings. The molecule has 6 nitrogen and oxygen atoms in total. The first-order valence-electron chi connectivity index (χ1n) is 27.0. The molecule has 0 fully saturated rings. The molecule has 0 unspecified atom stereocenters. The summed E-state index contributed by atoms with van der Waals surface area (Å²) in [5.74, 6) is -1.04. The highest BCUT2D eigenvalue weighted by molar-refractivity contribution is 5.71. The van der Waals surface area contributed by atoms with E-state index in [0.29, 0.717) is 19.3 Å². The molecule has 0 aromatic heterocycles. The summed E-state index contributed by atoms with van der Waals surface area (Å²) in [6, 6.07) is 0. The van der Waals surface area contributed by atoms with Crippen molar-refractivity contribution >= 4 is 17.9 Å². The Kier molecular flexibility index (Phi) is 51.0. The average Bonchev–Trinajstić information content (AvgIpc) is 3.33. The van der Waals surface area contributed by atoms with Gasteiger partial charge < -0.3 is 14.2 Å². The Hall–Kier alpha value is -4.19. The van der Waals surface area contributed by atoms with E-state index in [4.69, 9.17) is 14.2 Å². The first-order valence-corrected chi connectivity index (χ1v) is 27.0. The number of rotatable bonds is 47. The van der Waals surface area contributed by atoms with Crippen molar-refractivity contribution < 1.29 is 28.6 Å². The molecule has 0 rings (SSSR count). The summed E-state index contributed by atoms with van der Waals surface area (Å²) >= 11 is 0. The van der Waals surface area contributed by atoms with Crippen LogP contribution in [0.3, 0.4) is 0 Å². The first kappa shape index (κ1) is 62.8.